The Balaban J connectivity index is 2.02. The molecule has 1 aromatic rings. The molecule has 5 nitrogen and oxygen atoms in total. The number of likely N-dealkylation sites (tertiary alicyclic amines) is 1. The number of hydrogen-bond acceptors (Lipinski definition) is 4. The Labute approximate surface area is 111 Å². The van der Waals surface area contributed by atoms with Gasteiger partial charge >= 0.3 is 0 Å². The van der Waals surface area contributed by atoms with Gasteiger partial charge in [-0.15, -0.1) is 11.8 Å². The summed E-state index contributed by atoms with van der Waals surface area (Å²) in [6, 6.07) is 2.38. The van der Waals surface area contributed by atoms with Crippen molar-refractivity contribution in [3.63, 3.8) is 0 Å². The highest BCUT2D eigenvalue weighted by atomic mass is 32.2. The Morgan fingerprint density at radius 2 is 2.22 bits per heavy atom. The maximum Gasteiger partial charge on any atom is 0.274 e. The van der Waals surface area contributed by atoms with E-state index < -0.39 is 0 Å². The lowest BCUT2D eigenvalue weighted by molar-refractivity contribution is 0.0711. The summed E-state index contributed by atoms with van der Waals surface area (Å²) in [5.41, 5.74) is 0.478. The van der Waals surface area contributed by atoms with Gasteiger partial charge in [0, 0.05) is 26.3 Å². The Hall–Kier alpha value is -1.48. The van der Waals surface area contributed by atoms with Gasteiger partial charge in [-0.2, -0.15) is 5.26 Å². The quantitative estimate of drug-likeness (QED) is 0.807. The van der Waals surface area contributed by atoms with Crippen LogP contribution in [0.5, 0.6) is 0 Å². The van der Waals surface area contributed by atoms with Gasteiger partial charge in [0.25, 0.3) is 5.91 Å². The number of aromatic nitrogens is 2. The summed E-state index contributed by atoms with van der Waals surface area (Å²) in [4.78, 5) is 18.0. The van der Waals surface area contributed by atoms with Crippen LogP contribution in [-0.2, 0) is 7.05 Å². The fourth-order valence-electron chi connectivity index (χ4n) is 2.12. The van der Waals surface area contributed by atoms with E-state index >= 15 is 0 Å². The van der Waals surface area contributed by atoms with Crippen LogP contribution in [0.15, 0.2) is 12.5 Å². The molecular formula is C12H16N4OS. The average molecular weight is 264 g/mol. The molecule has 0 spiro atoms. The number of thioether (sulfide) groups is 1. The van der Waals surface area contributed by atoms with Crippen molar-refractivity contribution in [2.24, 2.45) is 7.05 Å². The van der Waals surface area contributed by atoms with Crippen molar-refractivity contribution in [1.29, 1.82) is 5.26 Å². The minimum Gasteiger partial charge on any atom is -0.340 e. The molecule has 0 aliphatic carbocycles. The van der Waals surface area contributed by atoms with E-state index in [1.54, 1.807) is 33.8 Å². The van der Waals surface area contributed by atoms with E-state index in [1.807, 2.05) is 13.3 Å². The van der Waals surface area contributed by atoms with Crippen LogP contribution in [0.2, 0.25) is 0 Å². The normalized spacial score (nSPS) is 18.4. The van der Waals surface area contributed by atoms with E-state index in [9.17, 15) is 10.1 Å². The molecule has 0 unspecified atom stereocenters. The topological polar surface area (TPSA) is 61.9 Å². The Bertz CT molecular complexity index is 483. The van der Waals surface area contributed by atoms with Crippen molar-refractivity contribution in [3.05, 3.63) is 18.2 Å². The Morgan fingerprint density at radius 1 is 1.56 bits per heavy atom. The summed E-state index contributed by atoms with van der Waals surface area (Å²) in [7, 11) is 1.84. The Morgan fingerprint density at radius 3 is 2.67 bits per heavy atom. The van der Waals surface area contributed by atoms with E-state index in [0.29, 0.717) is 18.8 Å². The van der Waals surface area contributed by atoms with Crippen molar-refractivity contribution in [1.82, 2.24) is 14.5 Å². The van der Waals surface area contributed by atoms with E-state index in [4.69, 9.17) is 0 Å². The highest BCUT2D eigenvalue weighted by Crippen LogP contribution is 2.33. The first-order chi connectivity index (χ1) is 8.60. The summed E-state index contributed by atoms with van der Waals surface area (Å²) in [6.07, 6.45) is 6.76. The van der Waals surface area contributed by atoms with Crippen LogP contribution in [-0.4, -0.2) is 44.5 Å². The number of aryl methyl sites for hydroxylation is 1. The molecule has 0 saturated carbocycles. The van der Waals surface area contributed by atoms with Crippen LogP contribution >= 0.6 is 11.8 Å². The highest BCUT2D eigenvalue weighted by molar-refractivity contribution is 8.00. The van der Waals surface area contributed by atoms with Crippen molar-refractivity contribution in [3.8, 4) is 6.07 Å². The molecule has 0 N–H and O–H groups in total. The number of nitriles is 1. The molecule has 1 aliphatic heterocycles. The minimum absolute atomic E-state index is 0.0387. The van der Waals surface area contributed by atoms with Gasteiger partial charge in [-0.3, -0.25) is 4.79 Å². The molecule has 1 aromatic heterocycles. The lowest BCUT2D eigenvalue weighted by atomic mass is 9.97. The van der Waals surface area contributed by atoms with Gasteiger partial charge in [-0.1, -0.05) is 0 Å². The molecule has 0 bridgehead atoms. The minimum atomic E-state index is -0.319. The fraction of sp³-hybridized carbons (Fsp3) is 0.583. The van der Waals surface area contributed by atoms with Crippen molar-refractivity contribution >= 4 is 17.7 Å². The zero-order valence-electron chi connectivity index (χ0n) is 10.6. The van der Waals surface area contributed by atoms with E-state index in [1.165, 1.54) is 0 Å². The lowest BCUT2D eigenvalue weighted by Crippen LogP contribution is -2.44. The molecule has 6 heteroatoms. The zero-order valence-corrected chi connectivity index (χ0v) is 11.4. The Kier molecular flexibility index (Phi) is 3.62. The van der Waals surface area contributed by atoms with E-state index in [2.05, 4.69) is 11.1 Å². The third-order valence-electron chi connectivity index (χ3n) is 3.38. The molecule has 1 saturated heterocycles. The SMILES string of the molecule is CSC1(C#N)CCN(C(=O)c2cn(C)cn2)CC1. The van der Waals surface area contributed by atoms with Crippen LogP contribution in [0.3, 0.4) is 0 Å². The molecule has 0 aromatic carbocycles. The van der Waals surface area contributed by atoms with Crippen molar-refractivity contribution < 1.29 is 4.79 Å². The van der Waals surface area contributed by atoms with Crippen LogP contribution < -0.4 is 0 Å². The molecule has 2 heterocycles. The second-order valence-electron chi connectivity index (χ2n) is 4.53. The van der Waals surface area contributed by atoms with Crippen molar-refractivity contribution in [2.75, 3.05) is 19.3 Å². The van der Waals surface area contributed by atoms with Gasteiger partial charge < -0.3 is 9.47 Å². The van der Waals surface area contributed by atoms with Crippen molar-refractivity contribution in [2.45, 2.75) is 17.6 Å². The van der Waals surface area contributed by atoms with Gasteiger partial charge in [0.15, 0.2) is 0 Å². The molecule has 1 aliphatic rings. The largest absolute Gasteiger partial charge is 0.340 e. The second kappa shape index (κ2) is 5.02. The van der Waals surface area contributed by atoms with Gasteiger partial charge in [0.2, 0.25) is 0 Å². The zero-order chi connectivity index (χ0) is 13.2. The summed E-state index contributed by atoms with van der Waals surface area (Å²) in [5, 5.41) is 9.20. The molecule has 96 valence electrons. The van der Waals surface area contributed by atoms with Gasteiger partial charge in [0.1, 0.15) is 10.4 Å². The molecular weight excluding hydrogens is 248 g/mol. The summed E-state index contributed by atoms with van der Waals surface area (Å²) in [6.45, 7) is 1.26. The first-order valence-corrected chi connectivity index (χ1v) is 7.06. The molecule has 1 amide bonds. The molecule has 0 atom stereocenters. The lowest BCUT2D eigenvalue weighted by Gasteiger charge is -2.35. The predicted molar refractivity (Wildman–Crippen MR) is 70.2 cm³/mol. The maximum atomic E-state index is 12.2. The van der Waals surface area contributed by atoms with Crippen LogP contribution in [0.25, 0.3) is 0 Å². The van der Waals surface area contributed by atoms with Gasteiger partial charge in [-0.25, -0.2) is 4.98 Å². The summed E-state index contributed by atoms with van der Waals surface area (Å²) >= 11 is 1.59. The van der Waals surface area contributed by atoms with E-state index in [-0.39, 0.29) is 10.7 Å². The summed E-state index contributed by atoms with van der Waals surface area (Å²) in [5.74, 6) is -0.0387. The molecule has 0 radical (unpaired) electrons. The van der Waals surface area contributed by atoms with Crippen LogP contribution in [0, 0.1) is 11.3 Å². The van der Waals surface area contributed by atoms with Gasteiger partial charge in [-0.05, 0) is 19.1 Å². The molecule has 18 heavy (non-hydrogen) atoms. The fourth-order valence-corrected chi connectivity index (χ4v) is 2.80. The third kappa shape index (κ3) is 2.36. The number of amides is 1. The van der Waals surface area contributed by atoms with E-state index in [0.717, 1.165) is 12.8 Å². The number of nitrogens with zero attached hydrogens (tertiary/aromatic N) is 4. The first-order valence-electron chi connectivity index (χ1n) is 5.84. The molecule has 2 rings (SSSR count). The molecule has 1 fully saturated rings. The number of carbonyl (C=O) groups is 1. The number of rotatable bonds is 2. The smallest absolute Gasteiger partial charge is 0.274 e. The monoisotopic (exact) mass is 264 g/mol. The first kappa shape index (κ1) is 13.0. The van der Waals surface area contributed by atoms with Crippen LogP contribution in [0.1, 0.15) is 23.3 Å². The number of carbonyl (C=O) groups excluding carboxylic acids is 1. The number of hydrogen-bond donors (Lipinski definition) is 0. The average Bonchev–Trinajstić information content (AvgIpc) is 2.85. The maximum absolute atomic E-state index is 12.2. The second-order valence-corrected chi connectivity index (χ2v) is 5.72. The predicted octanol–water partition coefficient (Wildman–Crippen LogP) is 1.28. The van der Waals surface area contributed by atoms with Gasteiger partial charge in [0.05, 0.1) is 12.4 Å². The number of piperidine rings is 1. The highest BCUT2D eigenvalue weighted by Gasteiger charge is 2.35. The third-order valence-corrected chi connectivity index (χ3v) is 4.66. The standard InChI is InChI=1S/C12H16N4OS/c1-15-7-10(14-9-15)11(17)16-5-3-12(8-13,18-2)4-6-16/h7,9H,3-6H2,1-2H3. The summed E-state index contributed by atoms with van der Waals surface area (Å²) < 4.78 is 1.44. The van der Waals surface area contributed by atoms with Crippen LogP contribution in [0.4, 0.5) is 0 Å². The number of imidazole rings is 1.